The molecule has 0 aliphatic heterocycles. The lowest BCUT2D eigenvalue weighted by Crippen LogP contribution is -2.38. The first kappa shape index (κ1) is 12.4. The normalized spacial score (nSPS) is 13.1. The summed E-state index contributed by atoms with van der Waals surface area (Å²) in [6.07, 6.45) is -0.450. The average Bonchev–Trinajstić information content (AvgIpc) is 2.25. The van der Waals surface area contributed by atoms with Crippen molar-refractivity contribution < 1.29 is 9.47 Å². The third-order valence-electron chi connectivity index (χ3n) is 2.12. The second kappa shape index (κ2) is 6.05. The van der Waals surface area contributed by atoms with E-state index in [4.69, 9.17) is 26.9 Å². The van der Waals surface area contributed by atoms with Crippen molar-refractivity contribution in [1.82, 2.24) is 5.43 Å². The number of nitrogens with two attached hydrogens (primary N) is 1. The molecule has 0 saturated heterocycles. The van der Waals surface area contributed by atoms with Gasteiger partial charge in [0.05, 0.1) is 6.04 Å². The molecule has 5 heteroatoms. The molecule has 1 rings (SSSR count). The van der Waals surface area contributed by atoms with Crippen LogP contribution in [0, 0.1) is 0 Å². The molecule has 1 aromatic carbocycles. The maximum atomic E-state index is 5.89. The zero-order chi connectivity index (χ0) is 11.3. The van der Waals surface area contributed by atoms with Gasteiger partial charge in [-0.2, -0.15) is 0 Å². The van der Waals surface area contributed by atoms with Crippen molar-refractivity contribution in [2.45, 2.75) is 12.3 Å². The largest absolute Gasteiger partial charge is 0.354 e. The van der Waals surface area contributed by atoms with Gasteiger partial charge >= 0.3 is 0 Å². The van der Waals surface area contributed by atoms with Crippen LogP contribution in [-0.2, 0) is 9.47 Å². The van der Waals surface area contributed by atoms with Crippen molar-refractivity contribution in [3.8, 4) is 0 Å². The van der Waals surface area contributed by atoms with E-state index >= 15 is 0 Å². The van der Waals surface area contributed by atoms with E-state index in [9.17, 15) is 0 Å². The van der Waals surface area contributed by atoms with E-state index in [-0.39, 0.29) is 6.04 Å². The molecule has 0 spiro atoms. The first-order chi connectivity index (χ1) is 7.22. The second-order valence-electron chi connectivity index (χ2n) is 3.04. The first-order valence-corrected chi connectivity index (χ1v) is 4.88. The van der Waals surface area contributed by atoms with Crippen molar-refractivity contribution in [3.05, 3.63) is 34.9 Å². The predicted molar refractivity (Wildman–Crippen MR) is 59.3 cm³/mol. The Morgan fingerprint density at radius 1 is 1.33 bits per heavy atom. The highest BCUT2D eigenvalue weighted by molar-refractivity contribution is 6.30. The highest BCUT2D eigenvalue weighted by atomic mass is 35.5. The van der Waals surface area contributed by atoms with Crippen LogP contribution < -0.4 is 11.3 Å². The Balaban J connectivity index is 2.90. The van der Waals surface area contributed by atoms with Crippen molar-refractivity contribution in [1.29, 1.82) is 0 Å². The summed E-state index contributed by atoms with van der Waals surface area (Å²) in [4.78, 5) is 0. The summed E-state index contributed by atoms with van der Waals surface area (Å²) in [5.41, 5.74) is 3.55. The number of methoxy groups -OCH3 is 2. The molecule has 4 nitrogen and oxygen atoms in total. The summed E-state index contributed by atoms with van der Waals surface area (Å²) in [6.45, 7) is 0. The van der Waals surface area contributed by atoms with Crippen LogP contribution >= 0.6 is 11.6 Å². The fourth-order valence-corrected chi connectivity index (χ4v) is 1.60. The SMILES string of the molecule is COC(OC)C(NN)c1cccc(Cl)c1. The Bertz CT molecular complexity index is 305. The zero-order valence-corrected chi connectivity index (χ0v) is 9.49. The standard InChI is InChI=1S/C10H15ClN2O2/c1-14-10(15-2)9(13-12)7-4-3-5-8(11)6-7/h3-6,9-10,13H,12H2,1-2H3. The van der Waals surface area contributed by atoms with Crippen LogP contribution in [0.4, 0.5) is 0 Å². The van der Waals surface area contributed by atoms with Gasteiger partial charge in [-0.05, 0) is 17.7 Å². The first-order valence-electron chi connectivity index (χ1n) is 4.50. The van der Waals surface area contributed by atoms with Crippen LogP contribution in [-0.4, -0.2) is 20.5 Å². The van der Waals surface area contributed by atoms with Gasteiger partial charge in [0.15, 0.2) is 6.29 Å². The molecule has 0 aliphatic rings. The molecule has 1 unspecified atom stereocenters. The van der Waals surface area contributed by atoms with Gasteiger partial charge in [-0.25, -0.2) is 5.43 Å². The maximum absolute atomic E-state index is 5.89. The van der Waals surface area contributed by atoms with Crippen LogP contribution in [0.1, 0.15) is 11.6 Å². The van der Waals surface area contributed by atoms with Gasteiger partial charge in [0.1, 0.15) is 0 Å². The van der Waals surface area contributed by atoms with Gasteiger partial charge in [-0.15, -0.1) is 0 Å². The minimum atomic E-state index is -0.450. The molecule has 0 amide bonds. The minimum absolute atomic E-state index is 0.251. The Hall–Kier alpha value is -0.650. The van der Waals surface area contributed by atoms with E-state index in [0.717, 1.165) is 5.56 Å². The molecule has 0 fully saturated rings. The van der Waals surface area contributed by atoms with Crippen LogP contribution in [0.2, 0.25) is 5.02 Å². The van der Waals surface area contributed by atoms with Gasteiger partial charge in [0, 0.05) is 19.2 Å². The summed E-state index contributed by atoms with van der Waals surface area (Å²) in [6, 6.07) is 7.12. The summed E-state index contributed by atoms with van der Waals surface area (Å²) >= 11 is 5.89. The smallest absolute Gasteiger partial charge is 0.177 e. The Morgan fingerprint density at radius 3 is 2.47 bits per heavy atom. The van der Waals surface area contributed by atoms with Crippen LogP contribution in [0.3, 0.4) is 0 Å². The lowest BCUT2D eigenvalue weighted by Gasteiger charge is -2.24. The third kappa shape index (κ3) is 3.15. The van der Waals surface area contributed by atoms with Crippen LogP contribution in [0.25, 0.3) is 0 Å². The van der Waals surface area contributed by atoms with Crippen LogP contribution in [0.5, 0.6) is 0 Å². The molecule has 1 aromatic rings. The van der Waals surface area contributed by atoms with Gasteiger partial charge < -0.3 is 9.47 Å². The molecule has 1 atom stereocenters. The highest BCUT2D eigenvalue weighted by Crippen LogP contribution is 2.21. The van der Waals surface area contributed by atoms with Gasteiger partial charge in [-0.3, -0.25) is 5.84 Å². The van der Waals surface area contributed by atoms with E-state index in [1.54, 1.807) is 20.3 Å². The van der Waals surface area contributed by atoms with Crippen LogP contribution in [0.15, 0.2) is 24.3 Å². The number of ether oxygens (including phenoxy) is 2. The van der Waals surface area contributed by atoms with Crippen molar-refractivity contribution in [2.24, 2.45) is 5.84 Å². The number of nitrogens with one attached hydrogen (secondary N) is 1. The van der Waals surface area contributed by atoms with Crippen molar-refractivity contribution >= 4 is 11.6 Å². The average molecular weight is 231 g/mol. The Labute approximate surface area is 94.3 Å². The second-order valence-corrected chi connectivity index (χ2v) is 3.48. The Kier molecular flexibility index (Phi) is 5.01. The molecule has 0 aromatic heterocycles. The van der Waals surface area contributed by atoms with E-state index in [0.29, 0.717) is 5.02 Å². The quantitative estimate of drug-likeness (QED) is 0.457. The summed E-state index contributed by atoms with van der Waals surface area (Å²) in [5.74, 6) is 5.45. The number of hydrogen-bond acceptors (Lipinski definition) is 4. The fourth-order valence-electron chi connectivity index (χ4n) is 1.40. The summed E-state index contributed by atoms with van der Waals surface area (Å²) in [7, 11) is 3.12. The number of rotatable bonds is 5. The maximum Gasteiger partial charge on any atom is 0.177 e. The molecule has 0 saturated carbocycles. The molecular formula is C10H15ClN2O2. The van der Waals surface area contributed by atoms with Gasteiger partial charge in [0.2, 0.25) is 0 Å². The van der Waals surface area contributed by atoms with Crippen molar-refractivity contribution in [3.63, 3.8) is 0 Å². The monoisotopic (exact) mass is 230 g/mol. The van der Waals surface area contributed by atoms with Gasteiger partial charge in [0.25, 0.3) is 0 Å². The molecule has 0 heterocycles. The highest BCUT2D eigenvalue weighted by Gasteiger charge is 2.21. The van der Waals surface area contributed by atoms with E-state index in [2.05, 4.69) is 5.43 Å². The van der Waals surface area contributed by atoms with E-state index < -0.39 is 6.29 Å². The number of benzene rings is 1. The molecule has 3 N–H and O–H groups in total. The molecule has 84 valence electrons. The predicted octanol–water partition coefficient (Wildman–Crippen LogP) is 1.46. The Morgan fingerprint density at radius 2 is 2.00 bits per heavy atom. The lowest BCUT2D eigenvalue weighted by molar-refractivity contribution is -0.124. The van der Waals surface area contributed by atoms with E-state index in [1.165, 1.54) is 0 Å². The molecule has 0 bridgehead atoms. The summed E-state index contributed by atoms with van der Waals surface area (Å²) in [5, 5.41) is 0.652. The molecule has 0 aliphatic carbocycles. The molecule has 15 heavy (non-hydrogen) atoms. The zero-order valence-electron chi connectivity index (χ0n) is 8.74. The lowest BCUT2D eigenvalue weighted by atomic mass is 10.1. The number of halogens is 1. The summed E-state index contributed by atoms with van der Waals surface area (Å²) < 4.78 is 10.3. The van der Waals surface area contributed by atoms with E-state index in [1.807, 2.05) is 18.2 Å². The minimum Gasteiger partial charge on any atom is -0.354 e. The van der Waals surface area contributed by atoms with Gasteiger partial charge in [-0.1, -0.05) is 23.7 Å². The topological polar surface area (TPSA) is 56.5 Å². The fraction of sp³-hybridized carbons (Fsp3) is 0.400. The number of hydrazine groups is 1. The van der Waals surface area contributed by atoms with Crippen molar-refractivity contribution in [2.75, 3.05) is 14.2 Å². The molecule has 0 radical (unpaired) electrons. The molecular weight excluding hydrogens is 216 g/mol. The third-order valence-corrected chi connectivity index (χ3v) is 2.36. The number of hydrogen-bond donors (Lipinski definition) is 2.